The molecule has 1 aliphatic carbocycles. The number of aromatic nitrogens is 1. The fraction of sp³-hybridized carbons (Fsp3) is 0.150. The molecule has 0 aliphatic heterocycles. The van der Waals surface area contributed by atoms with Gasteiger partial charge >= 0.3 is 17.8 Å². The molecule has 0 unspecified atom stereocenters. The van der Waals surface area contributed by atoms with Crippen molar-refractivity contribution in [2.75, 3.05) is 0 Å². The number of hydrogen-bond donors (Lipinski definition) is 0. The van der Waals surface area contributed by atoms with Crippen molar-refractivity contribution >= 4 is 32.4 Å². The predicted octanol–water partition coefficient (Wildman–Crippen LogP) is 6.37. The van der Waals surface area contributed by atoms with Crippen molar-refractivity contribution in [3.63, 3.8) is 0 Å². The van der Waals surface area contributed by atoms with Crippen LogP contribution < -0.4 is 0 Å². The Balaban J connectivity index is 1.92. The van der Waals surface area contributed by atoms with Gasteiger partial charge in [0.15, 0.2) is 0 Å². The fourth-order valence-electron chi connectivity index (χ4n) is 3.65. The normalized spacial score (nSPS) is 19.6. The van der Waals surface area contributed by atoms with Crippen molar-refractivity contribution in [2.24, 2.45) is 0 Å². The molecule has 0 saturated heterocycles. The second-order valence-corrected chi connectivity index (χ2v) is 6.67. The number of nitrogens with zero attached hydrogens (tertiary/aromatic N) is 1. The maximum absolute atomic E-state index is 14.1. The summed E-state index contributed by atoms with van der Waals surface area (Å²) in [6.07, 6.45) is 0. The van der Waals surface area contributed by atoms with Crippen LogP contribution in [0.5, 0.6) is 0 Å². The van der Waals surface area contributed by atoms with Gasteiger partial charge in [-0.05, 0) is 34.4 Å². The summed E-state index contributed by atoms with van der Waals surface area (Å²) in [5.41, 5.74) is -3.00. The van der Waals surface area contributed by atoms with Gasteiger partial charge in [0.05, 0.1) is 11.1 Å². The molecule has 1 aromatic heterocycles. The van der Waals surface area contributed by atoms with E-state index in [1.165, 1.54) is 6.07 Å². The lowest BCUT2D eigenvalue weighted by atomic mass is 9.99. The van der Waals surface area contributed by atoms with Crippen LogP contribution >= 0.6 is 0 Å². The van der Waals surface area contributed by atoms with Crippen LogP contribution in [0.2, 0.25) is 0 Å². The molecule has 1 heterocycles. The Morgan fingerprint density at radius 2 is 1.26 bits per heavy atom. The van der Waals surface area contributed by atoms with E-state index in [2.05, 4.69) is 4.98 Å². The molecule has 0 radical (unpaired) electrons. The first-order valence-electron chi connectivity index (χ1n) is 8.05. The van der Waals surface area contributed by atoms with Crippen LogP contribution in [0.1, 0.15) is 11.3 Å². The lowest BCUT2D eigenvalue weighted by Crippen LogP contribution is -2.43. The summed E-state index contributed by atoms with van der Waals surface area (Å²) in [5.74, 6) is -15.6. The molecule has 5 rings (SSSR count). The number of alkyl halides is 6. The summed E-state index contributed by atoms with van der Waals surface area (Å²) in [6, 6.07) is 14.5. The van der Waals surface area contributed by atoms with Crippen molar-refractivity contribution in [3.05, 3.63) is 65.9 Å². The average Bonchev–Trinajstić information content (AvgIpc) is 2.74. The van der Waals surface area contributed by atoms with E-state index in [4.69, 9.17) is 0 Å². The Kier molecular flexibility index (Phi) is 2.85. The Labute approximate surface area is 148 Å². The Morgan fingerprint density at radius 3 is 1.96 bits per heavy atom. The van der Waals surface area contributed by atoms with Crippen LogP contribution in [0.4, 0.5) is 26.3 Å². The quantitative estimate of drug-likeness (QED) is 0.197. The maximum Gasteiger partial charge on any atom is 0.382 e. The molecule has 0 fully saturated rings. The highest BCUT2D eigenvalue weighted by Crippen LogP contribution is 2.62. The van der Waals surface area contributed by atoms with E-state index in [1.807, 2.05) is 12.1 Å². The second-order valence-electron chi connectivity index (χ2n) is 6.67. The van der Waals surface area contributed by atoms with E-state index < -0.39 is 29.0 Å². The molecule has 0 N–H and O–H groups in total. The number of halogens is 6. The van der Waals surface area contributed by atoms with Crippen LogP contribution in [0, 0.1) is 0 Å². The number of fused-ring (bicyclic) bond motifs is 5. The SMILES string of the molecule is FC1(F)c2cc3ccc4cc5ccccc5cc4c3nc2C(F)(F)C1(F)F. The lowest BCUT2D eigenvalue weighted by Gasteiger charge is -2.22. The molecule has 0 atom stereocenters. The highest BCUT2D eigenvalue weighted by Gasteiger charge is 2.80. The summed E-state index contributed by atoms with van der Waals surface area (Å²) in [6.45, 7) is 0. The molecule has 136 valence electrons. The van der Waals surface area contributed by atoms with E-state index in [-0.39, 0.29) is 10.9 Å². The highest BCUT2D eigenvalue weighted by molar-refractivity contribution is 6.10. The largest absolute Gasteiger partial charge is 0.382 e. The molecule has 0 amide bonds. The Bertz CT molecular complexity index is 1260. The Morgan fingerprint density at radius 1 is 0.630 bits per heavy atom. The summed E-state index contributed by atoms with van der Waals surface area (Å²) >= 11 is 0. The minimum Gasteiger partial charge on any atom is -0.245 e. The topological polar surface area (TPSA) is 12.9 Å². The highest BCUT2D eigenvalue weighted by atomic mass is 19.3. The van der Waals surface area contributed by atoms with Crippen molar-refractivity contribution < 1.29 is 26.3 Å². The zero-order chi connectivity index (χ0) is 19.2. The van der Waals surface area contributed by atoms with E-state index in [0.29, 0.717) is 16.8 Å². The van der Waals surface area contributed by atoms with E-state index in [9.17, 15) is 26.3 Å². The summed E-state index contributed by atoms with van der Waals surface area (Å²) in [7, 11) is 0. The standard InChI is InChI=1S/C20H9F6N/c21-18(22)15-9-13-6-5-12-7-10-3-1-2-4-11(10)8-14(12)16(13)27-17(15)19(23,24)20(18,25)26/h1-9H. The first-order chi connectivity index (χ1) is 12.6. The van der Waals surface area contributed by atoms with E-state index >= 15 is 0 Å². The predicted molar refractivity (Wildman–Crippen MR) is 89.5 cm³/mol. The third-order valence-electron chi connectivity index (χ3n) is 5.09. The van der Waals surface area contributed by atoms with Crippen LogP contribution in [0.25, 0.3) is 32.4 Å². The molecule has 0 bridgehead atoms. The van der Waals surface area contributed by atoms with Gasteiger partial charge in [-0.3, -0.25) is 0 Å². The zero-order valence-electron chi connectivity index (χ0n) is 13.4. The van der Waals surface area contributed by atoms with Crippen molar-refractivity contribution in [1.29, 1.82) is 0 Å². The molecule has 3 aromatic carbocycles. The number of hydrogen-bond acceptors (Lipinski definition) is 1. The molecule has 0 saturated carbocycles. The zero-order valence-corrected chi connectivity index (χ0v) is 13.4. The van der Waals surface area contributed by atoms with Gasteiger partial charge in [0.1, 0.15) is 5.69 Å². The van der Waals surface area contributed by atoms with E-state index in [0.717, 1.165) is 10.8 Å². The lowest BCUT2D eigenvalue weighted by molar-refractivity contribution is -0.303. The van der Waals surface area contributed by atoms with Gasteiger partial charge in [0.2, 0.25) is 0 Å². The number of benzene rings is 3. The molecule has 0 spiro atoms. The van der Waals surface area contributed by atoms with Crippen LogP contribution in [0.15, 0.2) is 54.6 Å². The summed E-state index contributed by atoms with van der Waals surface area (Å²) < 4.78 is 83.6. The smallest absolute Gasteiger partial charge is 0.245 e. The van der Waals surface area contributed by atoms with Crippen LogP contribution in [-0.4, -0.2) is 10.9 Å². The van der Waals surface area contributed by atoms with Gasteiger partial charge in [-0.25, -0.2) is 4.98 Å². The molecule has 1 nitrogen and oxygen atoms in total. The average molecular weight is 377 g/mol. The fourth-order valence-corrected chi connectivity index (χ4v) is 3.65. The van der Waals surface area contributed by atoms with Crippen molar-refractivity contribution in [3.8, 4) is 0 Å². The number of rotatable bonds is 0. The minimum atomic E-state index is -5.53. The molecule has 4 aromatic rings. The maximum atomic E-state index is 14.1. The van der Waals surface area contributed by atoms with Gasteiger partial charge in [0, 0.05) is 10.8 Å². The molecule has 1 aliphatic rings. The summed E-state index contributed by atoms with van der Waals surface area (Å²) in [4.78, 5) is 3.62. The third-order valence-corrected chi connectivity index (χ3v) is 5.09. The van der Waals surface area contributed by atoms with E-state index in [1.54, 1.807) is 30.3 Å². The van der Waals surface area contributed by atoms with Crippen molar-refractivity contribution in [1.82, 2.24) is 4.98 Å². The van der Waals surface area contributed by atoms with Gasteiger partial charge in [-0.2, -0.15) is 26.3 Å². The van der Waals surface area contributed by atoms with Crippen LogP contribution in [0.3, 0.4) is 0 Å². The molecular weight excluding hydrogens is 368 g/mol. The van der Waals surface area contributed by atoms with Crippen LogP contribution in [-0.2, 0) is 11.8 Å². The molecule has 7 heteroatoms. The minimum absolute atomic E-state index is 0.00909. The van der Waals surface area contributed by atoms with Gasteiger partial charge in [-0.15, -0.1) is 0 Å². The summed E-state index contributed by atoms with van der Waals surface area (Å²) in [5, 5.41) is 2.87. The first-order valence-corrected chi connectivity index (χ1v) is 8.05. The monoisotopic (exact) mass is 377 g/mol. The number of pyridine rings is 1. The second kappa shape index (κ2) is 4.71. The third kappa shape index (κ3) is 1.84. The van der Waals surface area contributed by atoms with Gasteiger partial charge in [0.25, 0.3) is 0 Å². The Hall–Kier alpha value is -2.83. The van der Waals surface area contributed by atoms with Gasteiger partial charge in [-0.1, -0.05) is 36.4 Å². The molecular formula is C20H9F6N. The van der Waals surface area contributed by atoms with Crippen molar-refractivity contribution in [2.45, 2.75) is 17.8 Å². The van der Waals surface area contributed by atoms with Gasteiger partial charge < -0.3 is 0 Å². The first kappa shape index (κ1) is 16.4. The molecule has 27 heavy (non-hydrogen) atoms.